The molecule has 3 heteroatoms. The zero-order valence-electron chi connectivity index (χ0n) is 12.9. The Labute approximate surface area is 125 Å². The fourth-order valence-electron chi connectivity index (χ4n) is 2.13. The number of ether oxygens (including phenoxy) is 1. The summed E-state index contributed by atoms with van der Waals surface area (Å²) in [5, 5.41) is 11.5. The van der Waals surface area contributed by atoms with Crippen molar-refractivity contribution in [3.63, 3.8) is 0 Å². The maximum atomic E-state index is 8.51. The van der Waals surface area contributed by atoms with Crippen molar-refractivity contribution in [1.29, 1.82) is 0 Å². The Bertz CT molecular complexity index is 637. The van der Waals surface area contributed by atoms with Gasteiger partial charge in [-0.15, -0.1) is 0 Å². The Morgan fingerprint density at radius 2 is 1.71 bits per heavy atom. The second-order valence-corrected chi connectivity index (χ2v) is 6.17. The van der Waals surface area contributed by atoms with E-state index in [-0.39, 0.29) is 5.41 Å². The Hall–Kier alpha value is -2.29. The van der Waals surface area contributed by atoms with E-state index in [1.807, 2.05) is 30.3 Å². The number of oxime groups is 1. The first-order valence-electron chi connectivity index (χ1n) is 6.96. The van der Waals surface area contributed by atoms with Crippen molar-refractivity contribution in [3.8, 4) is 11.5 Å². The summed E-state index contributed by atoms with van der Waals surface area (Å²) in [6, 6.07) is 13.7. The molecule has 0 fully saturated rings. The van der Waals surface area contributed by atoms with Crippen molar-refractivity contribution in [1.82, 2.24) is 0 Å². The molecule has 0 spiro atoms. The first kappa shape index (κ1) is 15.1. The van der Waals surface area contributed by atoms with Crippen LogP contribution in [0.1, 0.15) is 37.5 Å². The summed E-state index contributed by atoms with van der Waals surface area (Å²) in [4.78, 5) is 0. The molecule has 1 N–H and O–H groups in total. The smallest absolute Gasteiger partial charge is 0.131 e. The average molecular weight is 283 g/mol. The van der Waals surface area contributed by atoms with E-state index in [1.54, 1.807) is 0 Å². The van der Waals surface area contributed by atoms with Crippen molar-refractivity contribution in [2.75, 3.05) is 0 Å². The fraction of sp³-hybridized carbons (Fsp3) is 0.278. The molecule has 3 nitrogen and oxygen atoms in total. The molecule has 0 radical (unpaired) electrons. The first-order chi connectivity index (χ1) is 9.90. The Balaban J connectivity index is 2.31. The van der Waals surface area contributed by atoms with E-state index < -0.39 is 0 Å². The van der Waals surface area contributed by atoms with Crippen molar-refractivity contribution in [2.45, 2.75) is 33.1 Å². The Morgan fingerprint density at radius 3 is 2.29 bits per heavy atom. The quantitative estimate of drug-likeness (QED) is 0.495. The van der Waals surface area contributed by atoms with Crippen molar-refractivity contribution in [3.05, 3.63) is 59.2 Å². The number of rotatable bonds is 3. The maximum absolute atomic E-state index is 8.51. The topological polar surface area (TPSA) is 41.8 Å². The molecule has 2 rings (SSSR count). The summed E-state index contributed by atoms with van der Waals surface area (Å²) in [6.45, 7) is 8.61. The largest absolute Gasteiger partial charge is 0.457 e. The summed E-state index contributed by atoms with van der Waals surface area (Å²) < 4.78 is 6.02. The highest BCUT2D eigenvalue weighted by molar-refractivity contribution is 5.79. The van der Waals surface area contributed by atoms with Gasteiger partial charge in [-0.3, -0.25) is 0 Å². The molecule has 2 aromatic rings. The van der Waals surface area contributed by atoms with Gasteiger partial charge in [0.15, 0.2) is 0 Å². The summed E-state index contributed by atoms with van der Waals surface area (Å²) in [7, 11) is 0. The highest BCUT2D eigenvalue weighted by Crippen LogP contribution is 2.34. The van der Waals surface area contributed by atoms with Gasteiger partial charge in [0.05, 0.1) is 6.21 Å². The number of nitrogens with zero attached hydrogens (tertiary/aromatic N) is 1. The number of hydrogen-bond acceptors (Lipinski definition) is 3. The van der Waals surface area contributed by atoms with E-state index in [0.717, 1.165) is 17.1 Å². The minimum atomic E-state index is 0.0187. The fourth-order valence-corrected chi connectivity index (χ4v) is 2.13. The number of hydrogen-bond donors (Lipinski definition) is 1. The van der Waals surface area contributed by atoms with E-state index >= 15 is 0 Å². The summed E-state index contributed by atoms with van der Waals surface area (Å²) in [6.07, 6.45) is 1.39. The van der Waals surface area contributed by atoms with Gasteiger partial charge in [-0.2, -0.15) is 0 Å². The van der Waals surface area contributed by atoms with E-state index in [4.69, 9.17) is 9.94 Å². The van der Waals surface area contributed by atoms with Gasteiger partial charge in [0.1, 0.15) is 11.5 Å². The predicted molar refractivity (Wildman–Crippen MR) is 85.8 cm³/mol. The third-order valence-electron chi connectivity index (χ3n) is 3.26. The van der Waals surface area contributed by atoms with Crippen LogP contribution >= 0.6 is 0 Å². The summed E-state index contributed by atoms with van der Waals surface area (Å²) in [5.74, 6) is 1.64. The van der Waals surface area contributed by atoms with Crippen LogP contribution in [0.15, 0.2) is 47.6 Å². The molecule has 21 heavy (non-hydrogen) atoms. The molecular weight excluding hydrogens is 262 g/mol. The van der Waals surface area contributed by atoms with Gasteiger partial charge in [-0.1, -0.05) is 43.6 Å². The van der Waals surface area contributed by atoms with Crippen LogP contribution in [0.4, 0.5) is 0 Å². The minimum Gasteiger partial charge on any atom is -0.457 e. The Kier molecular flexibility index (Phi) is 4.32. The van der Waals surface area contributed by atoms with E-state index in [9.17, 15) is 0 Å². The summed E-state index contributed by atoms with van der Waals surface area (Å²) >= 11 is 0. The predicted octanol–water partition coefficient (Wildman–Crippen LogP) is 4.89. The van der Waals surface area contributed by atoms with Crippen LogP contribution in [-0.4, -0.2) is 11.4 Å². The van der Waals surface area contributed by atoms with Crippen LogP contribution in [0.3, 0.4) is 0 Å². The molecule has 0 aliphatic carbocycles. The first-order valence-corrected chi connectivity index (χ1v) is 6.96. The van der Waals surface area contributed by atoms with Gasteiger partial charge in [-0.25, -0.2) is 0 Å². The van der Waals surface area contributed by atoms with Crippen LogP contribution in [0, 0.1) is 6.92 Å². The van der Waals surface area contributed by atoms with Crippen molar-refractivity contribution < 1.29 is 9.94 Å². The zero-order chi connectivity index (χ0) is 15.5. The normalized spacial score (nSPS) is 11.8. The minimum absolute atomic E-state index is 0.0187. The molecule has 0 heterocycles. The van der Waals surface area contributed by atoms with Crippen LogP contribution in [0.5, 0.6) is 11.5 Å². The standard InChI is InChI=1S/C18H21NO2/c1-13-5-10-17(16(11-13)18(2,3)4)21-15-8-6-14(7-9-15)12-19-20/h5-12,20H,1-4H3. The second-order valence-electron chi connectivity index (χ2n) is 6.17. The molecule has 2 aromatic carbocycles. The van der Waals surface area contributed by atoms with Gasteiger partial charge in [0.25, 0.3) is 0 Å². The molecule has 0 aliphatic heterocycles. The molecule has 0 unspecified atom stereocenters. The molecule has 0 aliphatic rings. The highest BCUT2D eigenvalue weighted by atomic mass is 16.5. The lowest BCUT2D eigenvalue weighted by Gasteiger charge is -2.23. The Morgan fingerprint density at radius 1 is 1.05 bits per heavy atom. The van der Waals surface area contributed by atoms with Crippen LogP contribution < -0.4 is 4.74 Å². The molecule has 0 amide bonds. The second kappa shape index (κ2) is 6.00. The molecule has 0 saturated carbocycles. The van der Waals surface area contributed by atoms with Crippen molar-refractivity contribution >= 4 is 6.21 Å². The van der Waals surface area contributed by atoms with Crippen LogP contribution in [0.25, 0.3) is 0 Å². The van der Waals surface area contributed by atoms with Gasteiger partial charge in [-0.05, 0) is 48.2 Å². The highest BCUT2D eigenvalue weighted by Gasteiger charge is 2.19. The average Bonchev–Trinajstić information content (AvgIpc) is 2.42. The third kappa shape index (κ3) is 3.85. The number of benzene rings is 2. The maximum Gasteiger partial charge on any atom is 0.131 e. The lowest BCUT2D eigenvalue weighted by Crippen LogP contribution is -2.12. The van der Waals surface area contributed by atoms with Gasteiger partial charge in [0, 0.05) is 5.56 Å². The van der Waals surface area contributed by atoms with Crippen LogP contribution in [-0.2, 0) is 5.41 Å². The summed E-state index contributed by atoms with van der Waals surface area (Å²) in [5.41, 5.74) is 3.25. The molecular formula is C18H21NO2. The lowest BCUT2D eigenvalue weighted by molar-refractivity contribution is 0.322. The molecule has 0 aromatic heterocycles. The number of aryl methyl sites for hydroxylation is 1. The molecule has 0 saturated heterocycles. The molecule has 110 valence electrons. The third-order valence-corrected chi connectivity index (χ3v) is 3.26. The van der Waals surface area contributed by atoms with E-state index in [0.29, 0.717) is 0 Å². The van der Waals surface area contributed by atoms with Gasteiger partial charge >= 0.3 is 0 Å². The van der Waals surface area contributed by atoms with Gasteiger partial charge < -0.3 is 9.94 Å². The van der Waals surface area contributed by atoms with E-state index in [1.165, 1.54) is 17.3 Å². The molecule has 0 bridgehead atoms. The van der Waals surface area contributed by atoms with Gasteiger partial charge in [0.2, 0.25) is 0 Å². The van der Waals surface area contributed by atoms with Crippen molar-refractivity contribution in [2.24, 2.45) is 5.16 Å². The molecule has 0 atom stereocenters. The SMILES string of the molecule is Cc1ccc(Oc2ccc(C=NO)cc2)c(C(C)(C)C)c1. The van der Waals surface area contributed by atoms with Crippen LogP contribution in [0.2, 0.25) is 0 Å². The zero-order valence-corrected chi connectivity index (χ0v) is 12.9. The van der Waals surface area contributed by atoms with E-state index in [2.05, 4.69) is 45.0 Å². The monoisotopic (exact) mass is 283 g/mol. The lowest BCUT2D eigenvalue weighted by atomic mass is 9.85.